The van der Waals surface area contributed by atoms with Crippen LogP contribution in [0.15, 0.2) is 36.4 Å². The Morgan fingerprint density at radius 2 is 1.94 bits per heavy atom. The number of terminal acetylenes is 1. The van der Waals surface area contributed by atoms with Crippen LogP contribution in [0.5, 0.6) is 11.5 Å². The first kappa shape index (κ1) is 10.4. The molecule has 0 fully saturated rings. The maximum Gasteiger partial charge on any atom is 0.119 e. The van der Waals surface area contributed by atoms with E-state index in [1.54, 1.807) is 12.1 Å². The van der Waals surface area contributed by atoms with E-state index >= 15 is 0 Å². The zero-order valence-corrected chi connectivity index (χ0v) is 8.81. The normalized spacial score (nSPS) is 9.94. The van der Waals surface area contributed by atoms with Gasteiger partial charge in [-0.15, -0.1) is 12.3 Å². The average molecular weight is 212 g/mol. The van der Waals surface area contributed by atoms with Gasteiger partial charge in [-0.3, -0.25) is 0 Å². The van der Waals surface area contributed by atoms with Crippen molar-refractivity contribution in [2.75, 3.05) is 6.61 Å². The Kier molecular flexibility index (Phi) is 2.98. The van der Waals surface area contributed by atoms with Gasteiger partial charge in [-0.25, -0.2) is 0 Å². The lowest BCUT2D eigenvalue weighted by Gasteiger charge is -2.05. The standard InChI is InChI=1S/C14H12O2/c1-2-3-8-16-14-7-5-11-4-6-13(15)9-12(11)10-14/h1,4-7,9-10,15H,3,8H2. The van der Waals surface area contributed by atoms with Gasteiger partial charge in [0, 0.05) is 6.42 Å². The summed E-state index contributed by atoms with van der Waals surface area (Å²) in [6.07, 6.45) is 5.74. The average Bonchev–Trinajstić information content (AvgIpc) is 2.29. The maximum atomic E-state index is 9.37. The van der Waals surface area contributed by atoms with E-state index in [9.17, 15) is 5.11 Å². The molecule has 2 nitrogen and oxygen atoms in total. The summed E-state index contributed by atoms with van der Waals surface area (Å²) in [5.41, 5.74) is 0. The van der Waals surface area contributed by atoms with Crippen LogP contribution in [0, 0.1) is 12.3 Å². The Balaban J connectivity index is 2.25. The number of aromatic hydroxyl groups is 1. The number of ether oxygens (including phenoxy) is 1. The van der Waals surface area contributed by atoms with Crippen molar-refractivity contribution in [2.24, 2.45) is 0 Å². The Morgan fingerprint density at radius 1 is 1.12 bits per heavy atom. The number of benzene rings is 2. The molecule has 0 heterocycles. The quantitative estimate of drug-likeness (QED) is 0.626. The highest BCUT2D eigenvalue weighted by molar-refractivity contribution is 5.85. The van der Waals surface area contributed by atoms with Gasteiger partial charge >= 0.3 is 0 Å². The zero-order valence-electron chi connectivity index (χ0n) is 8.81. The van der Waals surface area contributed by atoms with Crippen LogP contribution in [-0.2, 0) is 0 Å². The zero-order chi connectivity index (χ0) is 11.4. The lowest BCUT2D eigenvalue weighted by atomic mass is 10.1. The molecule has 2 heteroatoms. The van der Waals surface area contributed by atoms with Crippen molar-refractivity contribution in [1.82, 2.24) is 0 Å². The van der Waals surface area contributed by atoms with E-state index in [1.807, 2.05) is 24.3 Å². The van der Waals surface area contributed by atoms with Crippen LogP contribution >= 0.6 is 0 Å². The number of phenolic OH excluding ortho intramolecular Hbond substituents is 1. The molecule has 0 aromatic heterocycles. The van der Waals surface area contributed by atoms with Crippen LogP contribution in [-0.4, -0.2) is 11.7 Å². The molecular weight excluding hydrogens is 200 g/mol. The topological polar surface area (TPSA) is 29.5 Å². The first-order valence-electron chi connectivity index (χ1n) is 5.08. The van der Waals surface area contributed by atoms with Gasteiger partial charge in [0.05, 0.1) is 6.61 Å². The largest absolute Gasteiger partial charge is 0.508 e. The third-order valence-electron chi connectivity index (χ3n) is 2.31. The minimum Gasteiger partial charge on any atom is -0.508 e. The molecule has 0 aliphatic rings. The first-order valence-corrected chi connectivity index (χ1v) is 5.08. The fourth-order valence-corrected chi connectivity index (χ4v) is 1.53. The molecule has 0 bridgehead atoms. The molecule has 0 saturated heterocycles. The van der Waals surface area contributed by atoms with Crippen molar-refractivity contribution in [1.29, 1.82) is 0 Å². The van der Waals surface area contributed by atoms with Gasteiger partial charge in [0.25, 0.3) is 0 Å². The van der Waals surface area contributed by atoms with E-state index in [0.717, 1.165) is 16.5 Å². The lowest BCUT2D eigenvalue weighted by Crippen LogP contribution is -1.95. The molecule has 0 saturated carbocycles. The summed E-state index contributed by atoms with van der Waals surface area (Å²) in [5.74, 6) is 3.55. The number of hydrogen-bond donors (Lipinski definition) is 1. The molecule has 2 aromatic carbocycles. The second-order valence-electron chi connectivity index (χ2n) is 3.50. The van der Waals surface area contributed by atoms with Crippen molar-refractivity contribution in [3.63, 3.8) is 0 Å². The molecule has 2 aromatic rings. The molecule has 0 aliphatic heterocycles. The molecule has 80 valence electrons. The predicted molar refractivity (Wildman–Crippen MR) is 64.6 cm³/mol. The summed E-state index contributed by atoms with van der Waals surface area (Å²) in [6, 6.07) is 11.0. The van der Waals surface area contributed by atoms with Crippen LogP contribution in [0.25, 0.3) is 10.8 Å². The SMILES string of the molecule is C#CCCOc1ccc2ccc(O)cc2c1. The van der Waals surface area contributed by atoms with Gasteiger partial charge in [-0.1, -0.05) is 12.1 Å². The molecule has 0 amide bonds. The highest BCUT2D eigenvalue weighted by atomic mass is 16.5. The third-order valence-corrected chi connectivity index (χ3v) is 2.31. The van der Waals surface area contributed by atoms with Gasteiger partial charge in [0.15, 0.2) is 0 Å². The Bertz CT molecular complexity index is 538. The summed E-state index contributed by atoms with van der Waals surface area (Å²) < 4.78 is 5.47. The van der Waals surface area contributed by atoms with Gasteiger partial charge in [0.1, 0.15) is 11.5 Å². The maximum absolute atomic E-state index is 9.37. The van der Waals surface area contributed by atoms with Crippen LogP contribution in [0.2, 0.25) is 0 Å². The van der Waals surface area contributed by atoms with Gasteiger partial charge < -0.3 is 9.84 Å². The second kappa shape index (κ2) is 4.59. The van der Waals surface area contributed by atoms with Crippen LogP contribution < -0.4 is 4.74 Å². The summed E-state index contributed by atoms with van der Waals surface area (Å²) >= 11 is 0. The first-order chi connectivity index (χ1) is 7.79. The Morgan fingerprint density at radius 3 is 2.75 bits per heavy atom. The van der Waals surface area contributed by atoms with Crippen molar-refractivity contribution in [3.8, 4) is 23.8 Å². The molecular formula is C14H12O2. The molecule has 0 spiro atoms. The monoisotopic (exact) mass is 212 g/mol. The summed E-state index contributed by atoms with van der Waals surface area (Å²) in [7, 11) is 0. The number of rotatable bonds is 3. The minimum absolute atomic E-state index is 0.258. The molecule has 0 atom stereocenters. The van der Waals surface area contributed by atoms with Gasteiger partial charge in [0.2, 0.25) is 0 Å². The van der Waals surface area contributed by atoms with E-state index < -0.39 is 0 Å². The molecule has 0 unspecified atom stereocenters. The predicted octanol–water partition coefficient (Wildman–Crippen LogP) is 2.95. The van der Waals surface area contributed by atoms with Crippen LogP contribution in [0.3, 0.4) is 0 Å². The second-order valence-corrected chi connectivity index (χ2v) is 3.50. The smallest absolute Gasteiger partial charge is 0.119 e. The number of fused-ring (bicyclic) bond motifs is 1. The van der Waals surface area contributed by atoms with Gasteiger partial charge in [-0.2, -0.15) is 0 Å². The van der Waals surface area contributed by atoms with E-state index in [2.05, 4.69) is 5.92 Å². The summed E-state index contributed by atoms with van der Waals surface area (Å²) in [4.78, 5) is 0. The molecule has 0 radical (unpaired) electrons. The van der Waals surface area contributed by atoms with Crippen molar-refractivity contribution >= 4 is 10.8 Å². The van der Waals surface area contributed by atoms with Crippen molar-refractivity contribution in [3.05, 3.63) is 36.4 Å². The molecule has 2 rings (SSSR count). The fraction of sp³-hybridized carbons (Fsp3) is 0.143. The minimum atomic E-state index is 0.258. The molecule has 1 N–H and O–H groups in total. The number of hydrogen-bond acceptors (Lipinski definition) is 2. The van der Waals surface area contributed by atoms with E-state index in [4.69, 9.17) is 11.2 Å². The Labute approximate surface area is 94.5 Å². The van der Waals surface area contributed by atoms with Crippen molar-refractivity contribution < 1.29 is 9.84 Å². The fourth-order valence-electron chi connectivity index (χ4n) is 1.53. The highest BCUT2D eigenvalue weighted by Gasteiger charge is 1.98. The summed E-state index contributed by atoms with van der Waals surface area (Å²) in [6.45, 7) is 0.515. The van der Waals surface area contributed by atoms with Crippen LogP contribution in [0.1, 0.15) is 6.42 Å². The molecule has 16 heavy (non-hydrogen) atoms. The van der Waals surface area contributed by atoms with Crippen molar-refractivity contribution in [2.45, 2.75) is 6.42 Å². The highest BCUT2D eigenvalue weighted by Crippen LogP contribution is 2.24. The number of phenols is 1. The lowest BCUT2D eigenvalue weighted by molar-refractivity contribution is 0.327. The Hall–Kier alpha value is -2.14. The third kappa shape index (κ3) is 2.26. The molecule has 0 aliphatic carbocycles. The van der Waals surface area contributed by atoms with E-state index in [-0.39, 0.29) is 5.75 Å². The van der Waals surface area contributed by atoms with Gasteiger partial charge in [-0.05, 0) is 35.0 Å². The summed E-state index contributed by atoms with van der Waals surface area (Å²) in [5, 5.41) is 11.4. The van der Waals surface area contributed by atoms with E-state index in [1.165, 1.54) is 0 Å². The van der Waals surface area contributed by atoms with E-state index in [0.29, 0.717) is 13.0 Å². The van der Waals surface area contributed by atoms with Crippen LogP contribution in [0.4, 0.5) is 0 Å².